The Hall–Kier alpha value is -1.42. The lowest BCUT2D eigenvalue weighted by Gasteiger charge is -2.29. The van der Waals surface area contributed by atoms with Crippen molar-refractivity contribution in [2.24, 2.45) is 0 Å². The summed E-state index contributed by atoms with van der Waals surface area (Å²) in [7, 11) is 1.86. The van der Waals surface area contributed by atoms with Gasteiger partial charge in [0.05, 0.1) is 17.9 Å². The maximum Gasteiger partial charge on any atom is 0.242 e. The van der Waals surface area contributed by atoms with Gasteiger partial charge in [0.25, 0.3) is 0 Å². The Balaban J connectivity index is 2.01. The number of nitrogens with two attached hydrogens (primary N) is 1. The SMILES string of the molecule is CN(CC(=O)N1CCCCC1)c1cc(Cl)ccc1N. The second-order valence-electron chi connectivity index (χ2n) is 5.00. The Kier molecular flexibility index (Phi) is 4.53. The minimum absolute atomic E-state index is 0.154. The molecule has 1 saturated heterocycles. The van der Waals surface area contributed by atoms with Gasteiger partial charge in [0.2, 0.25) is 5.91 Å². The van der Waals surface area contributed by atoms with Gasteiger partial charge in [-0.15, -0.1) is 0 Å². The van der Waals surface area contributed by atoms with E-state index in [1.165, 1.54) is 6.42 Å². The molecule has 4 nitrogen and oxygen atoms in total. The van der Waals surface area contributed by atoms with E-state index in [0.29, 0.717) is 17.3 Å². The van der Waals surface area contributed by atoms with Crippen molar-refractivity contribution in [3.8, 4) is 0 Å². The largest absolute Gasteiger partial charge is 0.397 e. The molecule has 0 aromatic heterocycles. The second-order valence-corrected chi connectivity index (χ2v) is 5.44. The number of rotatable bonds is 3. The van der Waals surface area contributed by atoms with Crippen molar-refractivity contribution in [1.82, 2.24) is 4.90 Å². The summed E-state index contributed by atoms with van der Waals surface area (Å²) in [6.07, 6.45) is 3.43. The molecule has 0 atom stereocenters. The van der Waals surface area contributed by atoms with Crippen LogP contribution in [0.4, 0.5) is 11.4 Å². The van der Waals surface area contributed by atoms with E-state index in [0.717, 1.165) is 31.6 Å². The van der Waals surface area contributed by atoms with Crippen LogP contribution in [0, 0.1) is 0 Å². The Morgan fingerprint density at radius 1 is 1.37 bits per heavy atom. The molecule has 0 saturated carbocycles. The van der Waals surface area contributed by atoms with Crippen LogP contribution >= 0.6 is 11.6 Å². The number of carbonyl (C=O) groups is 1. The number of carbonyl (C=O) groups excluding carboxylic acids is 1. The standard InChI is InChI=1S/C14H20ClN3O/c1-17(13-9-11(15)5-6-12(13)16)10-14(19)18-7-3-2-4-8-18/h5-6,9H,2-4,7-8,10,16H2,1H3. The molecule has 1 heterocycles. The molecule has 1 aliphatic heterocycles. The number of likely N-dealkylation sites (tertiary alicyclic amines) is 1. The number of nitrogens with zero attached hydrogens (tertiary/aromatic N) is 2. The summed E-state index contributed by atoms with van der Waals surface area (Å²) in [6, 6.07) is 5.31. The molecule has 1 aliphatic rings. The van der Waals surface area contributed by atoms with Crippen molar-refractivity contribution in [2.45, 2.75) is 19.3 Å². The summed E-state index contributed by atoms with van der Waals surface area (Å²) in [4.78, 5) is 16.0. The second kappa shape index (κ2) is 6.15. The molecular formula is C14H20ClN3O. The highest BCUT2D eigenvalue weighted by Crippen LogP contribution is 2.26. The lowest BCUT2D eigenvalue weighted by molar-refractivity contribution is -0.130. The molecule has 1 aromatic rings. The van der Waals surface area contributed by atoms with E-state index in [1.54, 1.807) is 18.2 Å². The smallest absolute Gasteiger partial charge is 0.242 e. The average molecular weight is 282 g/mol. The van der Waals surface area contributed by atoms with E-state index in [4.69, 9.17) is 17.3 Å². The third-order valence-electron chi connectivity index (χ3n) is 3.48. The first-order chi connectivity index (χ1) is 9.08. The van der Waals surface area contributed by atoms with Crippen LogP contribution in [0.25, 0.3) is 0 Å². The fraction of sp³-hybridized carbons (Fsp3) is 0.500. The van der Waals surface area contributed by atoms with Gasteiger partial charge in [-0.2, -0.15) is 0 Å². The van der Waals surface area contributed by atoms with Gasteiger partial charge >= 0.3 is 0 Å². The molecule has 0 radical (unpaired) electrons. The van der Waals surface area contributed by atoms with E-state index in [2.05, 4.69) is 0 Å². The summed E-state index contributed by atoms with van der Waals surface area (Å²) < 4.78 is 0. The first-order valence-electron chi connectivity index (χ1n) is 6.62. The first-order valence-corrected chi connectivity index (χ1v) is 6.99. The van der Waals surface area contributed by atoms with Crippen molar-refractivity contribution in [2.75, 3.05) is 37.3 Å². The summed E-state index contributed by atoms with van der Waals surface area (Å²) in [5.41, 5.74) is 7.36. The van der Waals surface area contributed by atoms with Crippen LogP contribution in [0.3, 0.4) is 0 Å². The monoisotopic (exact) mass is 281 g/mol. The van der Waals surface area contributed by atoms with Gasteiger partial charge in [-0.3, -0.25) is 4.79 Å². The molecule has 19 heavy (non-hydrogen) atoms. The minimum atomic E-state index is 0.154. The highest BCUT2D eigenvalue weighted by Gasteiger charge is 2.18. The van der Waals surface area contributed by atoms with Gasteiger partial charge in [-0.1, -0.05) is 11.6 Å². The topological polar surface area (TPSA) is 49.6 Å². The van der Waals surface area contributed by atoms with E-state index in [1.807, 2.05) is 16.8 Å². The maximum atomic E-state index is 12.2. The molecule has 104 valence electrons. The molecule has 2 N–H and O–H groups in total. The molecule has 1 fully saturated rings. The van der Waals surface area contributed by atoms with Gasteiger partial charge in [-0.25, -0.2) is 0 Å². The van der Waals surface area contributed by atoms with Crippen molar-refractivity contribution in [1.29, 1.82) is 0 Å². The fourth-order valence-electron chi connectivity index (χ4n) is 2.38. The molecule has 1 amide bonds. The summed E-state index contributed by atoms with van der Waals surface area (Å²) in [5.74, 6) is 0.154. The molecule has 0 spiro atoms. The molecule has 1 aromatic carbocycles. The molecule has 0 unspecified atom stereocenters. The normalized spacial score (nSPS) is 15.4. The van der Waals surface area contributed by atoms with Crippen molar-refractivity contribution < 1.29 is 4.79 Å². The number of hydrogen-bond donors (Lipinski definition) is 1. The van der Waals surface area contributed by atoms with Gasteiger partial charge in [0.15, 0.2) is 0 Å². The van der Waals surface area contributed by atoms with Crippen molar-refractivity contribution >= 4 is 28.9 Å². The first kappa shape index (κ1) is 14.0. The fourth-order valence-corrected chi connectivity index (χ4v) is 2.55. The number of hydrogen-bond acceptors (Lipinski definition) is 3. The lowest BCUT2D eigenvalue weighted by Crippen LogP contribution is -2.41. The van der Waals surface area contributed by atoms with Crippen LogP contribution in [0.15, 0.2) is 18.2 Å². The van der Waals surface area contributed by atoms with Gasteiger partial charge in [-0.05, 0) is 37.5 Å². The Morgan fingerprint density at radius 3 is 2.74 bits per heavy atom. The predicted octanol–water partition coefficient (Wildman–Crippen LogP) is 2.37. The molecule has 0 aliphatic carbocycles. The lowest BCUT2D eigenvalue weighted by atomic mass is 10.1. The van der Waals surface area contributed by atoms with Gasteiger partial charge in [0.1, 0.15) is 0 Å². The van der Waals surface area contributed by atoms with E-state index >= 15 is 0 Å². The minimum Gasteiger partial charge on any atom is -0.397 e. The number of nitrogen functional groups attached to an aromatic ring is 1. The number of likely N-dealkylation sites (N-methyl/N-ethyl adjacent to an activating group) is 1. The highest BCUT2D eigenvalue weighted by molar-refractivity contribution is 6.31. The number of anilines is 2. The number of piperidine rings is 1. The van der Waals surface area contributed by atoms with Gasteiger partial charge in [0, 0.05) is 25.2 Å². The molecule has 5 heteroatoms. The quantitative estimate of drug-likeness (QED) is 0.866. The van der Waals surface area contributed by atoms with Crippen LogP contribution in [0.1, 0.15) is 19.3 Å². The highest BCUT2D eigenvalue weighted by atomic mass is 35.5. The van der Waals surface area contributed by atoms with Crippen LogP contribution in [0.2, 0.25) is 5.02 Å². The third kappa shape index (κ3) is 3.53. The number of benzene rings is 1. The van der Waals surface area contributed by atoms with Crippen LogP contribution in [-0.4, -0.2) is 37.5 Å². The predicted molar refractivity (Wildman–Crippen MR) is 79.6 cm³/mol. The third-order valence-corrected chi connectivity index (χ3v) is 3.72. The van der Waals surface area contributed by atoms with E-state index < -0.39 is 0 Å². The summed E-state index contributed by atoms with van der Waals surface area (Å²) >= 11 is 5.97. The zero-order chi connectivity index (χ0) is 13.8. The Labute approximate surface area is 119 Å². The molecule has 2 rings (SSSR count). The summed E-state index contributed by atoms with van der Waals surface area (Å²) in [5, 5.41) is 0.626. The van der Waals surface area contributed by atoms with E-state index in [9.17, 15) is 4.79 Å². The van der Waals surface area contributed by atoms with E-state index in [-0.39, 0.29) is 5.91 Å². The number of amides is 1. The van der Waals surface area contributed by atoms with Gasteiger partial charge < -0.3 is 15.5 Å². The Morgan fingerprint density at radius 2 is 2.05 bits per heavy atom. The zero-order valence-corrected chi connectivity index (χ0v) is 12.0. The van der Waals surface area contributed by atoms with Crippen LogP contribution in [-0.2, 0) is 4.79 Å². The van der Waals surface area contributed by atoms with Crippen LogP contribution in [0.5, 0.6) is 0 Å². The van der Waals surface area contributed by atoms with Crippen LogP contribution < -0.4 is 10.6 Å². The molecular weight excluding hydrogens is 262 g/mol. The molecule has 0 bridgehead atoms. The average Bonchev–Trinajstić information content (AvgIpc) is 2.42. The van der Waals surface area contributed by atoms with Crippen molar-refractivity contribution in [3.63, 3.8) is 0 Å². The maximum absolute atomic E-state index is 12.2. The zero-order valence-electron chi connectivity index (χ0n) is 11.2. The Bertz CT molecular complexity index is 458. The van der Waals surface area contributed by atoms with Crippen molar-refractivity contribution in [3.05, 3.63) is 23.2 Å². The summed E-state index contributed by atoms with van der Waals surface area (Å²) in [6.45, 7) is 2.08. The number of halogens is 1.